The number of carbonyl (C=O) groups is 1. The highest BCUT2D eigenvalue weighted by molar-refractivity contribution is 6.09. The van der Waals surface area contributed by atoms with Crippen LogP contribution in [0, 0.1) is 11.3 Å². The molecule has 0 spiro atoms. The van der Waals surface area contributed by atoms with Crippen molar-refractivity contribution in [3.05, 3.63) is 65.2 Å². The smallest absolute Gasteiger partial charge is 0.266 e. The van der Waals surface area contributed by atoms with Gasteiger partial charge in [0.2, 0.25) is 0 Å². The SMILES string of the molecule is COc1ccc(NC(=O)/C(C#N)=C\c2ccc(C(C)(C)C)cc2)cc1. The second-order valence-corrected chi connectivity index (χ2v) is 6.72. The molecule has 0 saturated heterocycles. The second-order valence-electron chi connectivity index (χ2n) is 6.72. The van der Waals surface area contributed by atoms with E-state index in [0.29, 0.717) is 11.4 Å². The number of ether oxygens (including phenoxy) is 1. The standard InChI is InChI=1S/C21H22N2O2/c1-21(2,3)17-7-5-15(6-8-17)13-16(14-22)20(24)23-18-9-11-19(25-4)12-10-18/h5-13H,1-4H3,(H,23,24)/b16-13-. The average Bonchev–Trinajstić information content (AvgIpc) is 2.60. The predicted octanol–water partition coefficient (Wildman–Crippen LogP) is 4.54. The van der Waals surface area contributed by atoms with Crippen molar-refractivity contribution in [1.82, 2.24) is 0 Å². The number of nitriles is 1. The molecule has 4 heteroatoms. The summed E-state index contributed by atoms with van der Waals surface area (Å²) in [5.41, 5.74) is 2.74. The molecule has 2 aromatic carbocycles. The van der Waals surface area contributed by atoms with E-state index in [-0.39, 0.29) is 11.0 Å². The Bertz CT molecular complexity index is 805. The minimum atomic E-state index is -0.437. The molecule has 0 heterocycles. The predicted molar refractivity (Wildman–Crippen MR) is 100 cm³/mol. The van der Waals surface area contributed by atoms with Crippen molar-refractivity contribution < 1.29 is 9.53 Å². The van der Waals surface area contributed by atoms with Crippen molar-refractivity contribution in [2.24, 2.45) is 0 Å². The molecule has 25 heavy (non-hydrogen) atoms. The lowest BCUT2D eigenvalue weighted by Gasteiger charge is -2.18. The number of anilines is 1. The Morgan fingerprint density at radius 2 is 1.68 bits per heavy atom. The molecule has 0 radical (unpaired) electrons. The summed E-state index contributed by atoms with van der Waals surface area (Å²) in [6.07, 6.45) is 1.59. The van der Waals surface area contributed by atoms with Crippen LogP contribution >= 0.6 is 0 Å². The summed E-state index contributed by atoms with van der Waals surface area (Å²) in [4.78, 5) is 12.3. The number of nitrogens with one attached hydrogen (secondary N) is 1. The van der Waals surface area contributed by atoms with E-state index in [1.54, 1.807) is 37.5 Å². The Morgan fingerprint density at radius 1 is 1.08 bits per heavy atom. The molecule has 0 unspecified atom stereocenters. The van der Waals surface area contributed by atoms with Gasteiger partial charge in [0.25, 0.3) is 5.91 Å². The van der Waals surface area contributed by atoms with Crippen molar-refractivity contribution in [1.29, 1.82) is 5.26 Å². The zero-order valence-electron chi connectivity index (χ0n) is 15.0. The fraction of sp³-hybridized carbons (Fsp3) is 0.238. The van der Waals surface area contributed by atoms with Gasteiger partial charge in [0.15, 0.2) is 0 Å². The molecule has 0 saturated carbocycles. The van der Waals surface area contributed by atoms with E-state index in [0.717, 1.165) is 5.56 Å². The highest BCUT2D eigenvalue weighted by Gasteiger charge is 2.13. The normalized spacial score (nSPS) is 11.6. The van der Waals surface area contributed by atoms with Gasteiger partial charge in [-0.1, -0.05) is 45.0 Å². The molecule has 4 nitrogen and oxygen atoms in total. The third kappa shape index (κ3) is 4.95. The number of methoxy groups -OCH3 is 1. The van der Waals surface area contributed by atoms with Gasteiger partial charge in [0, 0.05) is 5.69 Å². The molecule has 0 aliphatic carbocycles. The summed E-state index contributed by atoms with van der Waals surface area (Å²) < 4.78 is 5.08. The molecule has 0 atom stereocenters. The van der Waals surface area contributed by atoms with Gasteiger partial charge in [-0.15, -0.1) is 0 Å². The van der Waals surface area contributed by atoms with Crippen LogP contribution in [0.4, 0.5) is 5.69 Å². The minimum absolute atomic E-state index is 0.0549. The molecule has 2 aromatic rings. The van der Waals surface area contributed by atoms with Gasteiger partial charge in [-0.25, -0.2) is 0 Å². The van der Waals surface area contributed by atoms with Gasteiger partial charge in [0.05, 0.1) is 7.11 Å². The van der Waals surface area contributed by atoms with Crippen LogP contribution in [0.3, 0.4) is 0 Å². The fourth-order valence-corrected chi connectivity index (χ4v) is 2.27. The Hall–Kier alpha value is -3.06. The summed E-state index contributed by atoms with van der Waals surface area (Å²) in [5, 5.41) is 12.0. The first-order chi connectivity index (χ1) is 11.8. The van der Waals surface area contributed by atoms with E-state index >= 15 is 0 Å². The Balaban J connectivity index is 2.15. The number of hydrogen-bond donors (Lipinski definition) is 1. The van der Waals surface area contributed by atoms with Crippen LogP contribution in [-0.2, 0) is 10.2 Å². The molecule has 1 amide bonds. The summed E-state index contributed by atoms with van der Waals surface area (Å²) in [6.45, 7) is 6.42. The quantitative estimate of drug-likeness (QED) is 0.659. The summed E-state index contributed by atoms with van der Waals surface area (Å²) >= 11 is 0. The third-order valence-electron chi connectivity index (χ3n) is 3.80. The van der Waals surface area contributed by atoms with Crippen LogP contribution < -0.4 is 10.1 Å². The lowest BCUT2D eigenvalue weighted by Crippen LogP contribution is -2.13. The first-order valence-electron chi connectivity index (χ1n) is 8.01. The van der Waals surface area contributed by atoms with Crippen LogP contribution in [0.25, 0.3) is 6.08 Å². The van der Waals surface area contributed by atoms with E-state index in [1.165, 1.54) is 5.56 Å². The topological polar surface area (TPSA) is 62.1 Å². The molecule has 0 bridgehead atoms. The lowest BCUT2D eigenvalue weighted by molar-refractivity contribution is -0.112. The zero-order chi connectivity index (χ0) is 18.4. The largest absolute Gasteiger partial charge is 0.497 e. The van der Waals surface area contributed by atoms with Crippen LogP contribution in [0.5, 0.6) is 5.75 Å². The van der Waals surface area contributed by atoms with Crippen molar-refractivity contribution in [2.75, 3.05) is 12.4 Å². The van der Waals surface area contributed by atoms with Gasteiger partial charge in [-0.2, -0.15) is 5.26 Å². The number of benzene rings is 2. The van der Waals surface area contributed by atoms with E-state index < -0.39 is 5.91 Å². The van der Waals surface area contributed by atoms with Crippen molar-refractivity contribution >= 4 is 17.7 Å². The number of rotatable bonds is 4. The first-order valence-corrected chi connectivity index (χ1v) is 8.01. The monoisotopic (exact) mass is 334 g/mol. The maximum atomic E-state index is 12.3. The van der Waals surface area contributed by atoms with Gasteiger partial charge < -0.3 is 10.1 Å². The molecule has 0 aromatic heterocycles. The number of nitrogens with zero attached hydrogens (tertiary/aromatic N) is 1. The maximum Gasteiger partial charge on any atom is 0.266 e. The van der Waals surface area contributed by atoms with Crippen LogP contribution in [0.15, 0.2) is 54.1 Å². The average molecular weight is 334 g/mol. The number of hydrogen-bond acceptors (Lipinski definition) is 3. The summed E-state index contributed by atoms with van der Waals surface area (Å²) in [5.74, 6) is 0.264. The fourth-order valence-electron chi connectivity index (χ4n) is 2.27. The molecular formula is C21H22N2O2. The number of carbonyl (C=O) groups excluding carboxylic acids is 1. The van der Waals surface area contributed by atoms with Crippen molar-refractivity contribution in [3.8, 4) is 11.8 Å². The van der Waals surface area contributed by atoms with E-state index in [1.807, 2.05) is 30.3 Å². The summed E-state index contributed by atoms with van der Waals surface area (Å²) in [7, 11) is 1.58. The van der Waals surface area contributed by atoms with Crippen LogP contribution in [0.1, 0.15) is 31.9 Å². The minimum Gasteiger partial charge on any atom is -0.497 e. The first kappa shape index (κ1) is 18.3. The van der Waals surface area contributed by atoms with E-state index in [9.17, 15) is 10.1 Å². The maximum absolute atomic E-state index is 12.3. The second kappa shape index (κ2) is 7.67. The highest BCUT2D eigenvalue weighted by Crippen LogP contribution is 2.23. The molecule has 0 fully saturated rings. The molecule has 128 valence electrons. The van der Waals surface area contributed by atoms with Gasteiger partial charge in [-0.05, 0) is 46.9 Å². The van der Waals surface area contributed by atoms with Gasteiger partial charge in [0.1, 0.15) is 17.4 Å². The molecular weight excluding hydrogens is 312 g/mol. The highest BCUT2D eigenvalue weighted by atomic mass is 16.5. The van der Waals surface area contributed by atoms with E-state index in [2.05, 4.69) is 26.1 Å². The van der Waals surface area contributed by atoms with Crippen LogP contribution in [-0.4, -0.2) is 13.0 Å². The van der Waals surface area contributed by atoms with Gasteiger partial charge >= 0.3 is 0 Å². The van der Waals surface area contributed by atoms with Crippen molar-refractivity contribution in [2.45, 2.75) is 26.2 Å². The Kier molecular flexibility index (Phi) is 5.61. The third-order valence-corrected chi connectivity index (χ3v) is 3.80. The molecule has 0 aliphatic heterocycles. The van der Waals surface area contributed by atoms with Gasteiger partial charge in [-0.3, -0.25) is 4.79 Å². The van der Waals surface area contributed by atoms with Crippen LogP contribution in [0.2, 0.25) is 0 Å². The Morgan fingerprint density at radius 3 is 2.16 bits per heavy atom. The number of amides is 1. The summed E-state index contributed by atoms with van der Waals surface area (Å²) in [6, 6.07) is 16.8. The lowest BCUT2D eigenvalue weighted by atomic mass is 9.86. The Labute approximate surface area is 148 Å². The zero-order valence-corrected chi connectivity index (χ0v) is 15.0. The van der Waals surface area contributed by atoms with Crippen molar-refractivity contribution in [3.63, 3.8) is 0 Å². The van der Waals surface area contributed by atoms with E-state index in [4.69, 9.17) is 4.74 Å². The molecule has 1 N–H and O–H groups in total. The molecule has 2 rings (SSSR count). The molecule has 0 aliphatic rings.